The normalized spacial score (nSPS) is 12.5. The van der Waals surface area contributed by atoms with Crippen LogP contribution in [0.2, 0.25) is 0 Å². The van der Waals surface area contributed by atoms with Crippen LogP contribution >= 0.6 is 0 Å². The van der Waals surface area contributed by atoms with Gasteiger partial charge in [-0.05, 0) is 13.0 Å². The number of Topliss-reactive ketones (excluding diaryl/α,β-unsaturated/α-hetero) is 1. The van der Waals surface area contributed by atoms with E-state index in [-0.39, 0.29) is 5.92 Å². The molecule has 0 heterocycles. The Balaban J connectivity index is 3.53. The van der Waals surface area contributed by atoms with Crippen molar-refractivity contribution < 1.29 is 4.79 Å². The summed E-state index contributed by atoms with van der Waals surface area (Å²) < 4.78 is 0. The van der Waals surface area contributed by atoms with E-state index in [1.165, 1.54) is 0 Å². The number of rotatable bonds is 7. The fraction of sp³-hybridized carbons (Fsp3) is 0.700. The van der Waals surface area contributed by atoms with Crippen LogP contribution in [0.1, 0.15) is 26.7 Å². The summed E-state index contributed by atoms with van der Waals surface area (Å²) in [5, 5.41) is 3.16. The predicted molar refractivity (Wildman–Crippen MR) is 52.1 cm³/mol. The van der Waals surface area contributed by atoms with Crippen LogP contribution < -0.4 is 5.32 Å². The van der Waals surface area contributed by atoms with Gasteiger partial charge in [0.05, 0.1) is 0 Å². The number of hydrogen-bond donors (Lipinski definition) is 1. The van der Waals surface area contributed by atoms with Crippen molar-refractivity contribution in [2.45, 2.75) is 26.7 Å². The van der Waals surface area contributed by atoms with Gasteiger partial charge in [-0.25, -0.2) is 0 Å². The van der Waals surface area contributed by atoms with E-state index in [0.29, 0.717) is 12.2 Å². The summed E-state index contributed by atoms with van der Waals surface area (Å²) in [6.45, 7) is 9.32. The number of nitrogens with one attached hydrogen (secondary N) is 1. The largest absolute Gasteiger partial charge is 0.316 e. The average Bonchev–Trinajstić information content (AvgIpc) is 2.10. The molecule has 12 heavy (non-hydrogen) atoms. The molecule has 2 heteroatoms. The molecule has 0 spiro atoms. The first-order valence-corrected chi connectivity index (χ1v) is 4.56. The van der Waals surface area contributed by atoms with Crippen LogP contribution in [-0.4, -0.2) is 18.9 Å². The molecule has 0 saturated carbocycles. The zero-order valence-electron chi connectivity index (χ0n) is 8.10. The zero-order chi connectivity index (χ0) is 9.40. The summed E-state index contributed by atoms with van der Waals surface area (Å²) in [7, 11) is 0. The highest BCUT2D eigenvalue weighted by Crippen LogP contribution is 2.02. The van der Waals surface area contributed by atoms with E-state index < -0.39 is 0 Å². The van der Waals surface area contributed by atoms with E-state index in [0.717, 1.165) is 19.5 Å². The first-order chi connectivity index (χ1) is 5.72. The smallest absolute Gasteiger partial charge is 0.137 e. The predicted octanol–water partition coefficient (Wildman–Crippen LogP) is 1.77. The van der Waals surface area contributed by atoms with Crippen LogP contribution in [-0.2, 0) is 4.79 Å². The van der Waals surface area contributed by atoms with Gasteiger partial charge in [0, 0.05) is 18.9 Å². The Morgan fingerprint density at radius 2 is 2.33 bits per heavy atom. The van der Waals surface area contributed by atoms with Gasteiger partial charge in [0.2, 0.25) is 0 Å². The molecular weight excluding hydrogens is 150 g/mol. The van der Waals surface area contributed by atoms with Crippen LogP contribution in [0, 0.1) is 5.92 Å². The van der Waals surface area contributed by atoms with Crippen molar-refractivity contribution in [3.05, 3.63) is 12.7 Å². The first kappa shape index (κ1) is 11.4. The van der Waals surface area contributed by atoms with Crippen molar-refractivity contribution in [2.75, 3.05) is 13.1 Å². The fourth-order valence-electron chi connectivity index (χ4n) is 0.965. The molecule has 0 aromatic carbocycles. The van der Waals surface area contributed by atoms with Crippen molar-refractivity contribution >= 4 is 5.78 Å². The second-order valence-electron chi connectivity index (χ2n) is 3.00. The van der Waals surface area contributed by atoms with Gasteiger partial charge in [-0.1, -0.05) is 19.9 Å². The maximum Gasteiger partial charge on any atom is 0.137 e. The monoisotopic (exact) mass is 169 g/mol. The van der Waals surface area contributed by atoms with E-state index in [2.05, 4.69) is 11.9 Å². The molecule has 1 N–H and O–H groups in total. The van der Waals surface area contributed by atoms with E-state index in [1.807, 2.05) is 13.8 Å². The standard InChI is InChI=1S/C10H19NO/c1-4-6-7-10(12)9(3)8-11-5-2/h4,9,11H,1,5-8H2,2-3H3. The van der Waals surface area contributed by atoms with Gasteiger partial charge >= 0.3 is 0 Å². The lowest BCUT2D eigenvalue weighted by Gasteiger charge is -2.09. The maximum absolute atomic E-state index is 11.3. The zero-order valence-corrected chi connectivity index (χ0v) is 8.10. The second kappa shape index (κ2) is 7.04. The summed E-state index contributed by atoms with van der Waals surface area (Å²) >= 11 is 0. The quantitative estimate of drug-likeness (QED) is 0.588. The van der Waals surface area contributed by atoms with Crippen molar-refractivity contribution in [3.8, 4) is 0 Å². The van der Waals surface area contributed by atoms with Crippen molar-refractivity contribution in [1.29, 1.82) is 0 Å². The molecule has 0 aliphatic heterocycles. The number of carbonyl (C=O) groups is 1. The van der Waals surface area contributed by atoms with Crippen molar-refractivity contribution in [1.82, 2.24) is 5.32 Å². The highest BCUT2D eigenvalue weighted by atomic mass is 16.1. The number of hydrogen-bond acceptors (Lipinski definition) is 2. The minimum absolute atomic E-state index is 0.143. The highest BCUT2D eigenvalue weighted by Gasteiger charge is 2.10. The first-order valence-electron chi connectivity index (χ1n) is 4.56. The molecular formula is C10H19NO. The molecule has 0 fully saturated rings. The van der Waals surface area contributed by atoms with Gasteiger partial charge in [-0.3, -0.25) is 4.79 Å². The van der Waals surface area contributed by atoms with Gasteiger partial charge in [-0.15, -0.1) is 6.58 Å². The Kier molecular flexibility index (Phi) is 6.67. The SMILES string of the molecule is C=CCCC(=O)C(C)CNCC. The van der Waals surface area contributed by atoms with Crippen LogP contribution in [0.4, 0.5) is 0 Å². The Labute approximate surface area is 75.0 Å². The lowest BCUT2D eigenvalue weighted by atomic mass is 10.0. The molecule has 0 saturated heterocycles. The third kappa shape index (κ3) is 5.08. The molecule has 0 radical (unpaired) electrons. The Morgan fingerprint density at radius 3 is 2.83 bits per heavy atom. The number of carbonyl (C=O) groups excluding carboxylic acids is 1. The molecule has 0 rings (SSSR count). The molecule has 0 aromatic heterocycles. The number of allylic oxidation sites excluding steroid dienone is 1. The minimum Gasteiger partial charge on any atom is -0.316 e. The molecule has 1 atom stereocenters. The summed E-state index contributed by atoms with van der Waals surface area (Å²) in [5.41, 5.74) is 0. The van der Waals surface area contributed by atoms with Gasteiger partial charge in [-0.2, -0.15) is 0 Å². The van der Waals surface area contributed by atoms with Crippen LogP contribution in [0.15, 0.2) is 12.7 Å². The molecule has 2 nitrogen and oxygen atoms in total. The van der Waals surface area contributed by atoms with E-state index in [9.17, 15) is 4.79 Å². The summed E-state index contributed by atoms with van der Waals surface area (Å²) in [6.07, 6.45) is 3.23. The van der Waals surface area contributed by atoms with Gasteiger partial charge in [0.25, 0.3) is 0 Å². The Bertz CT molecular complexity index is 143. The Morgan fingerprint density at radius 1 is 1.67 bits per heavy atom. The molecule has 1 unspecified atom stereocenters. The van der Waals surface area contributed by atoms with Crippen LogP contribution in [0.3, 0.4) is 0 Å². The van der Waals surface area contributed by atoms with Crippen molar-refractivity contribution in [3.63, 3.8) is 0 Å². The maximum atomic E-state index is 11.3. The van der Waals surface area contributed by atoms with E-state index in [1.54, 1.807) is 6.08 Å². The van der Waals surface area contributed by atoms with E-state index in [4.69, 9.17) is 0 Å². The van der Waals surface area contributed by atoms with Gasteiger partial charge in [0.1, 0.15) is 5.78 Å². The summed E-state index contributed by atoms with van der Waals surface area (Å²) in [5.74, 6) is 0.473. The number of ketones is 1. The second-order valence-corrected chi connectivity index (χ2v) is 3.00. The van der Waals surface area contributed by atoms with Gasteiger partial charge in [0.15, 0.2) is 0 Å². The average molecular weight is 169 g/mol. The minimum atomic E-state index is 0.143. The van der Waals surface area contributed by atoms with E-state index >= 15 is 0 Å². The van der Waals surface area contributed by atoms with Crippen LogP contribution in [0.25, 0.3) is 0 Å². The highest BCUT2D eigenvalue weighted by molar-refractivity contribution is 5.80. The summed E-state index contributed by atoms with van der Waals surface area (Å²) in [4.78, 5) is 11.3. The van der Waals surface area contributed by atoms with Crippen molar-refractivity contribution in [2.24, 2.45) is 5.92 Å². The molecule has 0 aliphatic carbocycles. The lowest BCUT2D eigenvalue weighted by molar-refractivity contribution is -0.122. The molecule has 0 bridgehead atoms. The topological polar surface area (TPSA) is 29.1 Å². The Hall–Kier alpha value is -0.630. The third-order valence-electron chi connectivity index (χ3n) is 1.85. The lowest BCUT2D eigenvalue weighted by Crippen LogP contribution is -2.26. The molecule has 0 aliphatic rings. The molecule has 70 valence electrons. The third-order valence-corrected chi connectivity index (χ3v) is 1.85. The molecule has 0 aromatic rings. The van der Waals surface area contributed by atoms with Gasteiger partial charge < -0.3 is 5.32 Å². The fourth-order valence-corrected chi connectivity index (χ4v) is 0.965. The van der Waals surface area contributed by atoms with Crippen LogP contribution in [0.5, 0.6) is 0 Å². The molecule has 0 amide bonds. The summed E-state index contributed by atoms with van der Waals surface area (Å²) in [6, 6.07) is 0.